The molecule has 1 aliphatic heterocycles. The van der Waals surface area contributed by atoms with E-state index >= 15 is 0 Å². The second kappa shape index (κ2) is 9.17. The Morgan fingerprint density at radius 1 is 0.962 bits per heavy atom. The maximum absolute atomic E-state index is 12.8. The van der Waals surface area contributed by atoms with Crippen LogP contribution in [-0.4, -0.2) is 53.8 Å². The van der Waals surface area contributed by atoms with Crippen LogP contribution in [-0.2, 0) is 16.0 Å². The minimum Gasteiger partial charge on any atom is -0.341 e. The molecule has 0 aromatic heterocycles. The summed E-state index contributed by atoms with van der Waals surface area (Å²) >= 11 is 0. The van der Waals surface area contributed by atoms with Gasteiger partial charge >= 0.3 is 0 Å². The van der Waals surface area contributed by atoms with Crippen molar-refractivity contribution < 1.29 is 9.59 Å². The molecule has 1 heterocycles. The molecule has 5 nitrogen and oxygen atoms in total. The Hall–Kier alpha value is -1.88. The molecule has 0 radical (unpaired) electrons. The van der Waals surface area contributed by atoms with Gasteiger partial charge in [0.25, 0.3) is 0 Å². The van der Waals surface area contributed by atoms with E-state index in [0.717, 1.165) is 51.6 Å². The van der Waals surface area contributed by atoms with Crippen LogP contribution in [0.25, 0.3) is 0 Å². The summed E-state index contributed by atoms with van der Waals surface area (Å²) in [5, 5.41) is 0. The Labute approximate surface area is 156 Å². The normalized spacial score (nSPS) is 24.2. The molecule has 5 heteroatoms. The lowest BCUT2D eigenvalue weighted by Gasteiger charge is -2.30. The van der Waals surface area contributed by atoms with Crippen LogP contribution in [0, 0.1) is 5.92 Å². The van der Waals surface area contributed by atoms with Gasteiger partial charge in [-0.2, -0.15) is 0 Å². The van der Waals surface area contributed by atoms with Gasteiger partial charge in [-0.3, -0.25) is 9.59 Å². The molecule has 26 heavy (non-hydrogen) atoms. The Morgan fingerprint density at radius 2 is 1.69 bits per heavy atom. The van der Waals surface area contributed by atoms with Crippen molar-refractivity contribution in [1.82, 2.24) is 9.80 Å². The van der Waals surface area contributed by atoms with Gasteiger partial charge in [0.1, 0.15) is 0 Å². The van der Waals surface area contributed by atoms with Crippen molar-refractivity contribution in [3.63, 3.8) is 0 Å². The highest BCUT2D eigenvalue weighted by molar-refractivity contribution is 5.79. The molecule has 2 atom stereocenters. The second-order valence-electron chi connectivity index (χ2n) is 7.67. The summed E-state index contributed by atoms with van der Waals surface area (Å²) in [5.41, 5.74) is 7.24. The number of benzene rings is 1. The van der Waals surface area contributed by atoms with E-state index in [4.69, 9.17) is 5.73 Å². The zero-order valence-electron chi connectivity index (χ0n) is 15.6. The Morgan fingerprint density at radius 3 is 2.46 bits per heavy atom. The van der Waals surface area contributed by atoms with Gasteiger partial charge in [0.2, 0.25) is 11.8 Å². The first-order chi connectivity index (χ1) is 12.6. The monoisotopic (exact) mass is 357 g/mol. The van der Waals surface area contributed by atoms with Crippen LogP contribution in [0.5, 0.6) is 0 Å². The molecule has 0 bridgehead atoms. The van der Waals surface area contributed by atoms with Crippen molar-refractivity contribution in [2.24, 2.45) is 11.7 Å². The summed E-state index contributed by atoms with van der Waals surface area (Å²) in [5.74, 6) is 0.528. The molecule has 1 aliphatic carbocycles. The molecule has 142 valence electrons. The number of hydrogen-bond donors (Lipinski definition) is 1. The summed E-state index contributed by atoms with van der Waals surface area (Å²) in [6, 6.07) is 10.3. The molecule has 3 rings (SSSR count). The molecule has 2 unspecified atom stereocenters. The van der Waals surface area contributed by atoms with Crippen molar-refractivity contribution in [3.8, 4) is 0 Å². The van der Waals surface area contributed by atoms with E-state index in [9.17, 15) is 9.59 Å². The quantitative estimate of drug-likeness (QED) is 0.898. The van der Waals surface area contributed by atoms with Crippen LogP contribution in [0.2, 0.25) is 0 Å². The number of nitrogens with two attached hydrogens (primary N) is 1. The van der Waals surface area contributed by atoms with Gasteiger partial charge in [0.05, 0.1) is 0 Å². The van der Waals surface area contributed by atoms with E-state index < -0.39 is 0 Å². The lowest BCUT2D eigenvalue weighted by Crippen LogP contribution is -2.42. The number of aryl methyl sites for hydroxylation is 1. The van der Waals surface area contributed by atoms with Crippen molar-refractivity contribution in [2.45, 2.75) is 51.0 Å². The minimum absolute atomic E-state index is 0.0825. The molecule has 1 saturated carbocycles. The highest BCUT2D eigenvalue weighted by atomic mass is 16.2. The Kier molecular flexibility index (Phi) is 6.67. The largest absolute Gasteiger partial charge is 0.341 e. The van der Waals surface area contributed by atoms with Gasteiger partial charge in [0.15, 0.2) is 0 Å². The van der Waals surface area contributed by atoms with E-state index in [1.807, 2.05) is 28.0 Å². The number of carbonyl (C=O) groups excluding carboxylic acids is 2. The number of carbonyl (C=O) groups is 2. The molecule has 1 aromatic rings. The molecule has 2 fully saturated rings. The topological polar surface area (TPSA) is 66.6 Å². The first-order valence-electron chi connectivity index (χ1n) is 9.99. The standard InChI is InChI=1S/C21H31N3O2/c22-19-9-4-8-18(16-19)21(26)24-13-5-12-23(14-15-24)20(25)11-10-17-6-2-1-3-7-17/h1-3,6-7,18-19H,4-5,8-16,22H2. The van der Waals surface area contributed by atoms with Crippen LogP contribution in [0.1, 0.15) is 44.1 Å². The lowest BCUT2D eigenvalue weighted by molar-refractivity contribution is -0.137. The molecule has 0 spiro atoms. The molecule has 1 aromatic carbocycles. The van der Waals surface area contributed by atoms with E-state index in [0.29, 0.717) is 19.5 Å². The maximum Gasteiger partial charge on any atom is 0.225 e. The summed E-state index contributed by atoms with van der Waals surface area (Å²) in [6.07, 6.45) is 6.04. The zero-order chi connectivity index (χ0) is 18.4. The lowest BCUT2D eigenvalue weighted by atomic mass is 9.85. The van der Waals surface area contributed by atoms with Gasteiger partial charge in [-0.05, 0) is 37.7 Å². The van der Waals surface area contributed by atoms with Crippen LogP contribution in [0.4, 0.5) is 0 Å². The molecular weight excluding hydrogens is 326 g/mol. The number of nitrogens with zero attached hydrogens (tertiary/aromatic N) is 2. The van der Waals surface area contributed by atoms with E-state index in [1.54, 1.807) is 0 Å². The fraction of sp³-hybridized carbons (Fsp3) is 0.619. The predicted molar refractivity (Wildman–Crippen MR) is 102 cm³/mol. The summed E-state index contributed by atoms with van der Waals surface area (Å²) in [4.78, 5) is 29.3. The Bertz CT molecular complexity index is 605. The fourth-order valence-electron chi connectivity index (χ4n) is 4.15. The summed E-state index contributed by atoms with van der Waals surface area (Å²) in [7, 11) is 0. The van der Waals surface area contributed by atoms with E-state index in [2.05, 4.69) is 12.1 Å². The summed E-state index contributed by atoms with van der Waals surface area (Å²) < 4.78 is 0. The fourth-order valence-corrected chi connectivity index (χ4v) is 4.15. The van der Waals surface area contributed by atoms with Crippen molar-refractivity contribution in [3.05, 3.63) is 35.9 Å². The SMILES string of the molecule is NC1CCCC(C(=O)N2CCCN(C(=O)CCc3ccccc3)CC2)C1. The Balaban J connectivity index is 1.48. The van der Waals surface area contributed by atoms with Crippen LogP contribution >= 0.6 is 0 Å². The number of amides is 2. The first kappa shape index (κ1) is 18.9. The third kappa shape index (κ3) is 5.07. The maximum atomic E-state index is 12.8. The average Bonchev–Trinajstić information content (AvgIpc) is 2.92. The van der Waals surface area contributed by atoms with Gasteiger partial charge in [-0.25, -0.2) is 0 Å². The average molecular weight is 357 g/mol. The minimum atomic E-state index is 0.0825. The third-order valence-corrected chi connectivity index (χ3v) is 5.69. The zero-order valence-corrected chi connectivity index (χ0v) is 15.6. The van der Waals surface area contributed by atoms with Crippen molar-refractivity contribution >= 4 is 11.8 Å². The first-order valence-corrected chi connectivity index (χ1v) is 9.99. The molecule has 2 N–H and O–H groups in total. The second-order valence-corrected chi connectivity index (χ2v) is 7.67. The molecule has 2 aliphatic rings. The van der Waals surface area contributed by atoms with Crippen LogP contribution in [0.15, 0.2) is 30.3 Å². The van der Waals surface area contributed by atoms with Crippen LogP contribution < -0.4 is 5.73 Å². The number of hydrogen-bond acceptors (Lipinski definition) is 3. The van der Waals surface area contributed by atoms with Gasteiger partial charge in [-0.1, -0.05) is 36.8 Å². The highest BCUT2D eigenvalue weighted by Crippen LogP contribution is 2.25. The van der Waals surface area contributed by atoms with Gasteiger partial charge in [-0.15, -0.1) is 0 Å². The molecule has 1 saturated heterocycles. The van der Waals surface area contributed by atoms with Gasteiger partial charge in [0, 0.05) is 44.6 Å². The van der Waals surface area contributed by atoms with Crippen LogP contribution in [0.3, 0.4) is 0 Å². The molecule has 2 amide bonds. The van der Waals surface area contributed by atoms with E-state index in [-0.39, 0.29) is 23.8 Å². The third-order valence-electron chi connectivity index (χ3n) is 5.69. The van der Waals surface area contributed by atoms with E-state index in [1.165, 1.54) is 5.56 Å². The van der Waals surface area contributed by atoms with Crippen molar-refractivity contribution in [2.75, 3.05) is 26.2 Å². The predicted octanol–water partition coefficient (Wildman–Crippen LogP) is 2.20. The van der Waals surface area contributed by atoms with Gasteiger partial charge < -0.3 is 15.5 Å². The summed E-state index contributed by atoms with van der Waals surface area (Å²) in [6.45, 7) is 2.81. The molecular formula is C21H31N3O2. The van der Waals surface area contributed by atoms with Crippen molar-refractivity contribution in [1.29, 1.82) is 0 Å². The smallest absolute Gasteiger partial charge is 0.225 e. The number of rotatable bonds is 4. The highest BCUT2D eigenvalue weighted by Gasteiger charge is 2.30.